The zero-order valence-corrected chi connectivity index (χ0v) is 12.8. The summed E-state index contributed by atoms with van der Waals surface area (Å²) in [6.07, 6.45) is 9.49. The van der Waals surface area contributed by atoms with Gasteiger partial charge in [-0.25, -0.2) is 4.98 Å². The molecule has 1 N–H and O–H groups in total. The Morgan fingerprint density at radius 2 is 2.26 bits per heavy atom. The summed E-state index contributed by atoms with van der Waals surface area (Å²) in [5.74, 6) is 0. The lowest BCUT2D eigenvalue weighted by molar-refractivity contribution is -0.0846. The van der Waals surface area contributed by atoms with E-state index in [4.69, 9.17) is 4.74 Å². The number of ether oxygens (including phenoxy) is 1. The Morgan fingerprint density at radius 1 is 1.47 bits per heavy atom. The first-order chi connectivity index (χ1) is 9.17. The summed E-state index contributed by atoms with van der Waals surface area (Å²) in [5, 5.41) is 4.98. The van der Waals surface area contributed by atoms with Crippen molar-refractivity contribution in [3.8, 4) is 0 Å². The van der Waals surface area contributed by atoms with Crippen LogP contribution in [-0.4, -0.2) is 23.2 Å². The summed E-state index contributed by atoms with van der Waals surface area (Å²) in [5.41, 5.74) is 0.203. The normalized spacial score (nSPS) is 27.8. The lowest BCUT2D eigenvalue weighted by Gasteiger charge is -2.39. The molecule has 1 spiro atoms. The van der Waals surface area contributed by atoms with Crippen LogP contribution in [0.1, 0.15) is 61.4 Å². The Labute approximate surface area is 119 Å². The lowest BCUT2D eigenvalue weighted by atomic mass is 9.88. The Morgan fingerprint density at radius 3 is 2.95 bits per heavy atom. The predicted octanol–water partition coefficient (Wildman–Crippen LogP) is 3.59. The minimum atomic E-state index is 0.203. The van der Waals surface area contributed by atoms with Crippen molar-refractivity contribution in [3.05, 3.63) is 16.1 Å². The summed E-state index contributed by atoms with van der Waals surface area (Å²) in [6.45, 7) is 5.27. The van der Waals surface area contributed by atoms with Gasteiger partial charge in [0, 0.05) is 23.7 Å². The minimum Gasteiger partial charge on any atom is -0.375 e. The molecule has 1 aliphatic heterocycles. The molecule has 2 unspecified atom stereocenters. The first-order valence-electron chi connectivity index (χ1n) is 7.49. The van der Waals surface area contributed by atoms with Crippen molar-refractivity contribution in [2.75, 3.05) is 6.61 Å². The van der Waals surface area contributed by atoms with Crippen molar-refractivity contribution in [1.82, 2.24) is 10.3 Å². The zero-order valence-electron chi connectivity index (χ0n) is 11.9. The van der Waals surface area contributed by atoms with Gasteiger partial charge in [0.15, 0.2) is 0 Å². The molecule has 0 aromatic carbocycles. The molecule has 3 rings (SSSR count). The summed E-state index contributed by atoms with van der Waals surface area (Å²) in [4.78, 5) is 5.79. The van der Waals surface area contributed by atoms with Crippen LogP contribution in [0.25, 0.3) is 0 Å². The molecule has 2 heterocycles. The highest BCUT2D eigenvalue weighted by atomic mass is 32.1. The molecule has 1 aromatic heterocycles. The van der Waals surface area contributed by atoms with Crippen LogP contribution in [0.15, 0.2) is 6.20 Å². The third-order valence-electron chi connectivity index (χ3n) is 4.50. The highest BCUT2D eigenvalue weighted by molar-refractivity contribution is 7.11. The van der Waals surface area contributed by atoms with Crippen LogP contribution in [-0.2, 0) is 4.74 Å². The van der Waals surface area contributed by atoms with Crippen LogP contribution in [0.3, 0.4) is 0 Å². The molecule has 1 saturated carbocycles. The van der Waals surface area contributed by atoms with E-state index in [-0.39, 0.29) is 5.60 Å². The van der Waals surface area contributed by atoms with Gasteiger partial charge in [-0.1, -0.05) is 12.8 Å². The van der Waals surface area contributed by atoms with Crippen molar-refractivity contribution in [2.24, 2.45) is 0 Å². The molecule has 1 aromatic rings. The second kappa shape index (κ2) is 5.51. The van der Waals surface area contributed by atoms with Crippen LogP contribution in [0.2, 0.25) is 0 Å². The van der Waals surface area contributed by atoms with Gasteiger partial charge in [0.25, 0.3) is 0 Å². The summed E-state index contributed by atoms with van der Waals surface area (Å²) in [7, 11) is 0. The van der Waals surface area contributed by atoms with Gasteiger partial charge in [-0.3, -0.25) is 0 Å². The number of hydrogen-bond acceptors (Lipinski definition) is 4. The molecule has 4 heteroatoms. The average molecular weight is 280 g/mol. The van der Waals surface area contributed by atoms with Crippen LogP contribution < -0.4 is 5.32 Å². The van der Waals surface area contributed by atoms with Crippen LogP contribution in [0.5, 0.6) is 0 Å². The first kappa shape index (κ1) is 13.5. The monoisotopic (exact) mass is 280 g/mol. The van der Waals surface area contributed by atoms with Crippen molar-refractivity contribution in [2.45, 2.75) is 70.1 Å². The Balaban J connectivity index is 1.60. The third kappa shape index (κ3) is 3.01. The van der Waals surface area contributed by atoms with E-state index >= 15 is 0 Å². The fourth-order valence-electron chi connectivity index (χ4n) is 3.53. The van der Waals surface area contributed by atoms with Crippen molar-refractivity contribution < 1.29 is 4.74 Å². The SMILES string of the molecule is Cc1cnc(C(C)NC2CCOC3(CCCC3)C2)s1. The van der Waals surface area contributed by atoms with Gasteiger partial charge in [-0.15, -0.1) is 11.3 Å². The van der Waals surface area contributed by atoms with Gasteiger partial charge in [0.2, 0.25) is 0 Å². The lowest BCUT2D eigenvalue weighted by Crippen LogP contribution is -2.46. The molecule has 0 bridgehead atoms. The highest BCUT2D eigenvalue weighted by Crippen LogP contribution is 2.40. The van der Waals surface area contributed by atoms with E-state index in [1.165, 1.54) is 42.0 Å². The Bertz CT molecular complexity index is 426. The van der Waals surface area contributed by atoms with E-state index in [9.17, 15) is 0 Å². The van der Waals surface area contributed by atoms with Gasteiger partial charge in [-0.2, -0.15) is 0 Å². The maximum atomic E-state index is 6.10. The fraction of sp³-hybridized carbons (Fsp3) is 0.800. The van der Waals surface area contributed by atoms with Crippen molar-refractivity contribution in [1.29, 1.82) is 0 Å². The van der Waals surface area contributed by atoms with E-state index < -0.39 is 0 Å². The number of nitrogens with zero attached hydrogens (tertiary/aromatic N) is 1. The molecule has 2 fully saturated rings. The minimum absolute atomic E-state index is 0.203. The fourth-order valence-corrected chi connectivity index (χ4v) is 4.32. The summed E-state index contributed by atoms with van der Waals surface area (Å²) < 4.78 is 6.10. The standard InChI is InChI=1S/C15H24N2OS/c1-11-10-16-14(19-11)12(2)17-13-5-8-18-15(9-13)6-3-4-7-15/h10,12-13,17H,3-9H2,1-2H3. The second-order valence-corrected chi connectivity index (χ2v) is 7.39. The molecule has 1 saturated heterocycles. The van der Waals surface area contributed by atoms with E-state index in [0.717, 1.165) is 13.0 Å². The largest absolute Gasteiger partial charge is 0.375 e. The van der Waals surface area contributed by atoms with Gasteiger partial charge in [0.05, 0.1) is 11.6 Å². The number of thiazole rings is 1. The van der Waals surface area contributed by atoms with Gasteiger partial charge in [-0.05, 0) is 39.5 Å². The number of aryl methyl sites for hydroxylation is 1. The van der Waals surface area contributed by atoms with E-state index in [0.29, 0.717) is 12.1 Å². The molecule has 2 atom stereocenters. The number of aromatic nitrogens is 1. The predicted molar refractivity (Wildman–Crippen MR) is 78.6 cm³/mol. The Kier molecular flexibility index (Phi) is 3.92. The molecular weight excluding hydrogens is 256 g/mol. The summed E-state index contributed by atoms with van der Waals surface area (Å²) >= 11 is 1.80. The van der Waals surface area contributed by atoms with E-state index in [2.05, 4.69) is 24.1 Å². The number of nitrogens with one attached hydrogen (secondary N) is 1. The maximum Gasteiger partial charge on any atom is 0.109 e. The molecule has 2 aliphatic rings. The Hall–Kier alpha value is -0.450. The quantitative estimate of drug-likeness (QED) is 0.918. The average Bonchev–Trinajstić information content (AvgIpc) is 2.99. The van der Waals surface area contributed by atoms with Crippen molar-refractivity contribution in [3.63, 3.8) is 0 Å². The van der Waals surface area contributed by atoms with Crippen molar-refractivity contribution >= 4 is 11.3 Å². The van der Waals surface area contributed by atoms with Crippen LogP contribution in [0.4, 0.5) is 0 Å². The number of hydrogen-bond donors (Lipinski definition) is 1. The molecule has 0 amide bonds. The maximum absolute atomic E-state index is 6.10. The van der Waals surface area contributed by atoms with Crippen LogP contribution in [0, 0.1) is 6.92 Å². The van der Waals surface area contributed by atoms with E-state index in [1.54, 1.807) is 11.3 Å². The topological polar surface area (TPSA) is 34.2 Å². The second-order valence-electron chi connectivity index (χ2n) is 6.13. The van der Waals surface area contributed by atoms with Crippen LogP contribution >= 0.6 is 11.3 Å². The van der Waals surface area contributed by atoms with Gasteiger partial charge >= 0.3 is 0 Å². The smallest absolute Gasteiger partial charge is 0.109 e. The highest BCUT2D eigenvalue weighted by Gasteiger charge is 2.40. The van der Waals surface area contributed by atoms with Gasteiger partial charge in [0.1, 0.15) is 5.01 Å². The number of rotatable bonds is 3. The zero-order chi connectivity index (χ0) is 13.3. The molecule has 0 radical (unpaired) electrons. The molecule has 106 valence electrons. The molecule has 19 heavy (non-hydrogen) atoms. The molecule has 3 nitrogen and oxygen atoms in total. The molecular formula is C15H24N2OS. The van der Waals surface area contributed by atoms with E-state index in [1.807, 2.05) is 6.20 Å². The van der Waals surface area contributed by atoms with Gasteiger partial charge < -0.3 is 10.1 Å². The third-order valence-corrected chi connectivity index (χ3v) is 5.60. The summed E-state index contributed by atoms with van der Waals surface area (Å²) in [6, 6.07) is 0.950. The molecule has 1 aliphatic carbocycles. The first-order valence-corrected chi connectivity index (χ1v) is 8.31.